The van der Waals surface area contributed by atoms with Crippen molar-refractivity contribution in [3.8, 4) is 0 Å². The molecule has 10 heavy (non-hydrogen) atoms. The van der Waals surface area contributed by atoms with Crippen molar-refractivity contribution in [2.24, 2.45) is 0 Å². The van der Waals surface area contributed by atoms with Gasteiger partial charge in [-0.2, -0.15) is 0 Å². The summed E-state index contributed by atoms with van der Waals surface area (Å²) in [7, 11) is -0.185. The first-order chi connectivity index (χ1) is 4.41. The first-order valence-corrected chi connectivity index (χ1v) is 4.09. The van der Waals surface area contributed by atoms with E-state index in [1.165, 1.54) is 19.3 Å². The molecule has 0 aliphatic carbocycles. The average molecular weight is 171 g/mol. The zero-order valence-electron chi connectivity index (χ0n) is 6.80. The molecule has 0 aromatic rings. The fraction of sp³-hybridized carbons (Fsp3) is 1.00. The van der Waals surface area contributed by atoms with E-state index in [0.29, 0.717) is 6.61 Å². The first kappa shape index (κ1) is 13.6. The van der Waals surface area contributed by atoms with Crippen molar-refractivity contribution in [2.75, 3.05) is 6.61 Å². The normalized spacial score (nSPS) is 9.30. The van der Waals surface area contributed by atoms with Crippen molar-refractivity contribution in [2.45, 2.75) is 32.6 Å². The van der Waals surface area contributed by atoms with Gasteiger partial charge in [0, 0.05) is 0 Å². The molecule has 0 spiro atoms. The van der Waals surface area contributed by atoms with Gasteiger partial charge >= 0.3 is 38.2 Å². The van der Waals surface area contributed by atoms with Gasteiger partial charge in [-0.05, 0) is 6.42 Å². The third-order valence-corrected chi connectivity index (χ3v) is 1.43. The second-order valence-corrected chi connectivity index (χ2v) is 2.38. The Kier molecular flexibility index (Phi) is 17.3. The summed E-state index contributed by atoms with van der Waals surface area (Å²) in [6.07, 6.45) is 4.70. The van der Waals surface area contributed by atoms with Crippen LogP contribution >= 0.6 is 8.69 Å². The van der Waals surface area contributed by atoms with Gasteiger partial charge in [-0.15, -0.1) is 0 Å². The first-order valence-electron chi connectivity index (χ1n) is 3.36. The molecule has 0 amide bonds. The fourth-order valence-electron chi connectivity index (χ4n) is 0.631. The van der Waals surface area contributed by atoms with Crippen molar-refractivity contribution < 1.29 is 38.6 Å². The molecule has 2 nitrogen and oxygen atoms in total. The molecule has 0 aromatic carbocycles. The van der Waals surface area contributed by atoms with Crippen molar-refractivity contribution in [1.82, 2.24) is 0 Å². The number of hydrogen-bond donors (Lipinski definition) is 0. The van der Waals surface area contributed by atoms with E-state index in [9.17, 15) is 4.57 Å². The summed E-state index contributed by atoms with van der Waals surface area (Å²) in [4.78, 5) is 0. The minimum atomic E-state index is -0.185. The third kappa shape index (κ3) is 11.8. The van der Waals surface area contributed by atoms with Crippen LogP contribution in [0.2, 0.25) is 0 Å². The molecular formula is C6H13NaO2P+. The molecule has 0 bridgehead atoms. The van der Waals surface area contributed by atoms with Crippen molar-refractivity contribution in [1.29, 1.82) is 0 Å². The van der Waals surface area contributed by atoms with Crippen LogP contribution < -0.4 is 29.6 Å². The molecule has 0 N–H and O–H groups in total. The van der Waals surface area contributed by atoms with Gasteiger partial charge in [-0.1, -0.05) is 26.2 Å². The second kappa shape index (κ2) is 12.7. The number of unbranched alkanes of at least 4 members (excludes halogenated alkanes) is 3. The minimum absolute atomic E-state index is 0. The molecule has 4 heteroatoms. The Morgan fingerprint density at radius 3 is 2.50 bits per heavy atom. The molecule has 0 heterocycles. The molecule has 0 aromatic heterocycles. The molecule has 0 rings (SSSR count). The van der Waals surface area contributed by atoms with Gasteiger partial charge < -0.3 is 0 Å². The topological polar surface area (TPSA) is 26.3 Å². The SMILES string of the molecule is CCCCCCOP=O.[Na+]. The van der Waals surface area contributed by atoms with Crippen LogP contribution in [0.5, 0.6) is 0 Å². The van der Waals surface area contributed by atoms with Crippen LogP contribution in [0.1, 0.15) is 32.6 Å². The van der Waals surface area contributed by atoms with Crippen LogP contribution in [0.3, 0.4) is 0 Å². The maximum Gasteiger partial charge on any atom is 1.00 e. The monoisotopic (exact) mass is 171 g/mol. The summed E-state index contributed by atoms with van der Waals surface area (Å²) in [5.74, 6) is 0. The van der Waals surface area contributed by atoms with Crippen LogP contribution in [-0.2, 0) is 9.09 Å². The molecule has 0 unspecified atom stereocenters. The summed E-state index contributed by atoms with van der Waals surface area (Å²) in [5, 5.41) is 0. The molecular weight excluding hydrogens is 158 g/mol. The Hall–Kier alpha value is 1.06. The van der Waals surface area contributed by atoms with Gasteiger partial charge in [-0.3, -0.25) is 4.52 Å². The van der Waals surface area contributed by atoms with E-state index in [-0.39, 0.29) is 38.2 Å². The van der Waals surface area contributed by atoms with Gasteiger partial charge in [0.2, 0.25) is 0 Å². The maximum absolute atomic E-state index is 9.71. The molecule has 54 valence electrons. The van der Waals surface area contributed by atoms with Gasteiger partial charge in [0.15, 0.2) is 0 Å². The van der Waals surface area contributed by atoms with Crippen LogP contribution in [0.15, 0.2) is 0 Å². The van der Waals surface area contributed by atoms with E-state index < -0.39 is 0 Å². The van der Waals surface area contributed by atoms with Crippen molar-refractivity contribution in [3.05, 3.63) is 0 Å². The maximum atomic E-state index is 9.71. The molecule has 0 saturated heterocycles. The predicted molar refractivity (Wildman–Crippen MR) is 37.7 cm³/mol. The largest absolute Gasteiger partial charge is 1.00 e. The molecule has 0 radical (unpaired) electrons. The molecule has 0 aliphatic rings. The minimum Gasteiger partial charge on any atom is -0.294 e. The molecule has 0 fully saturated rings. The summed E-state index contributed by atoms with van der Waals surface area (Å²) >= 11 is 0. The van der Waals surface area contributed by atoms with Gasteiger partial charge in [0.1, 0.15) is 0 Å². The van der Waals surface area contributed by atoms with Crippen LogP contribution in [0, 0.1) is 0 Å². The zero-order chi connectivity index (χ0) is 6.95. The summed E-state index contributed by atoms with van der Waals surface area (Å²) in [6.45, 7) is 2.79. The zero-order valence-corrected chi connectivity index (χ0v) is 9.69. The Labute approximate surface area is 86.3 Å². The Bertz CT molecular complexity index is 70.8. The van der Waals surface area contributed by atoms with E-state index in [0.717, 1.165) is 6.42 Å². The molecule has 0 aliphatic heterocycles. The second-order valence-electron chi connectivity index (χ2n) is 1.97. The average Bonchev–Trinajstić information content (AvgIpc) is 1.89. The number of hydrogen-bond acceptors (Lipinski definition) is 2. The number of rotatable bonds is 6. The Balaban J connectivity index is 0. The van der Waals surface area contributed by atoms with Crippen LogP contribution in [-0.4, -0.2) is 6.61 Å². The van der Waals surface area contributed by atoms with E-state index in [4.69, 9.17) is 0 Å². The van der Waals surface area contributed by atoms with E-state index in [2.05, 4.69) is 11.4 Å². The van der Waals surface area contributed by atoms with Gasteiger partial charge in [0.25, 0.3) is 0 Å². The van der Waals surface area contributed by atoms with E-state index in [1.54, 1.807) is 0 Å². The standard InChI is InChI=1S/C6H13O2P.Na/c1-2-3-4-5-6-8-9-7;/h2-6H2,1H3;/q;+1. The summed E-state index contributed by atoms with van der Waals surface area (Å²) < 4.78 is 14.3. The fourth-order valence-corrected chi connectivity index (χ4v) is 0.834. The van der Waals surface area contributed by atoms with E-state index >= 15 is 0 Å². The van der Waals surface area contributed by atoms with Gasteiger partial charge in [0.05, 0.1) is 6.61 Å². The van der Waals surface area contributed by atoms with Crippen molar-refractivity contribution in [3.63, 3.8) is 0 Å². The Morgan fingerprint density at radius 1 is 1.30 bits per heavy atom. The molecule has 0 saturated carbocycles. The van der Waals surface area contributed by atoms with Gasteiger partial charge in [-0.25, -0.2) is 4.57 Å². The Morgan fingerprint density at radius 2 is 2.00 bits per heavy atom. The van der Waals surface area contributed by atoms with Crippen molar-refractivity contribution >= 4 is 8.69 Å². The summed E-state index contributed by atoms with van der Waals surface area (Å²) in [5.41, 5.74) is 0. The summed E-state index contributed by atoms with van der Waals surface area (Å²) in [6, 6.07) is 0. The van der Waals surface area contributed by atoms with E-state index in [1.807, 2.05) is 0 Å². The predicted octanol–water partition coefficient (Wildman–Crippen LogP) is -0.206. The van der Waals surface area contributed by atoms with Crippen LogP contribution in [0.25, 0.3) is 0 Å². The smallest absolute Gasteiger partial charge is 0.294 e. The quantitative estimate of drug-likeness (QED) is 0.314. The third-order valence-electron chi connectivity index (χ3n) is 1.14. The van der Waals surface area contributed by atoms with Crippen LogP contribution in [0.4, 0.5) is 0 Å². The molecule has 0 atom stereocenters.